The molecule has 2 aromatic rings. The molecule has 1 N–H and O–H groups in total. The van der Waals surface area contributed by atoms with E-state index in [1.165, 1.54) is 44.4 Å². The second kappa shape index (κ2) is 7.10. The molecule has 1 saturated heterocycles. The van der Waals surface area contributed by atoms with Crippen LogP contribution in [0.3, 0.4) is 0 Å². The smallest absolute Gasteiger partial charge is 0.325 e. The van der Waals surface area contributed by atoms with Gasteiger partial charge in [0.05, 0.1) is 18.6 Å². The van der Waals surface area contributed by atoms with Crippen molar-refractivity contribution in [2.75, 3.05) is 13.7 Å². The first-order chi connectivity index (χ1) is 13.3. The first-order valence-corrected chi connectivity index (χ1v) is 8.32. The Morgan fingerprint density at radius 1 is 1.21 bits per heavy atom. The molecule has 1 atom stereocenters. The van der Waals surface area contributed by atoms with Crippen molar-refractivity contribution < 1.29 is 24.0 Å². The fraction of sp³-hybridized carbons (Fsp3) is 0.211. The monoisotopic (exact) mass is 383 g/mol. The van der Waals surface area contributed by atoms with Crippen molar-refractivity contribution in [3.8, 4) is 5.75 Å². The van der Waals surface area contributed by atoms with Gasteiger partial charge in [-0.15, -0.1) is 0 Å². The Morgan fingerprint density at radius 2 is 1.89 bits per heavy atom. The van der Waals surface area contributed by atoms with Crippen LogP contribution in [0.25, 0.3) is 0 Å². The van der Waals surface area contributed by atoms with Crippen LogP contribution in [0.2, 0.25) is 0 Å². The normalized spacial score (nSPS) is 18.7. The van der Waals surface area contributed by atoms with Gasteiger partial charge in [0.25, 0.3) is 11.6 Å². The Kier molecular flexibility index (Phi) is 4.83. The van der Waals surface area contributed by atoms with E-state index in [1.807, 2.05) is 0 Å². The van der Waals surface area contributed by atoms with Crippen molar-refractivity contribution >= 4 is 23.4 Å². The molecule has 0 aromatic heterocycles. The van der Waals surface area contributed by atoms with Crippen LogP contribution in [0.4, 0.5) is 10.5 Å². The molecule has 2 aromatic carbocycles. The summed E-state index contributed by atoms with van der Waals surface area (Å²) in [6, 6.07) is 11.0. The highest BCUT2D eigenvalue weighted by molar-refractivity contribution is 6.11. The van der Waals surface area contributed by atoms with Gasteiger partial charge >= 0.3 is 6.03 Å². The van der Waals surface area contributed by atoms with Crippen LogP contribution in [-0.2, 0) is 10.3 Å². The number of rotatable bonds is 6. The average molecular weight is 383 g/mol. The van der Waals surface area contributed by atoms with Gasteiger partial charge < -0.3 is 10.1 Å². The van der Waals surface area contributed by atoms with Gasteiger partial charge in [-0.2, -0.15) is 0 Å². The van der Waals surface area contributed by atoms with Gasteiger partial charge in [0, 0.05) is 17.7 Å². The lowest BCUT2D eigenvalue weighted by Gasteiger charge is -2.22. The fourth-order valence-electron chi connectivity index (χ4n) is 2.98. The van der Waals surface area contributed by atoms with E-state index < -0.39 is 34.7 Å². The minimum atomic E-state index is -1.42. The number of ether oxygens (including phenoxy) is 1. The van der Waals surface area contributed by atoms with Crippen LogP contribution in [0.15, 0.2) is 48.5 Å². The highest BCUT2D eigenvalue weighted by Crippen LogP contribution is 2.30. The molecule has 1 fully saturated rings. The molecule has 9 heteroatoms. The van der Waals surface area contributed by atoms with E-state index in [2.05, 4.69) is 5.32 Å². The zero-order valence-corrected chi connectivity index (χ0v) is 15.2. The molecule has 0 saturated carbocycles. The molecule has 0 unspecified atom stereocenters. The highest BCUT2D eigenvalue weighted by Gasteiger charge is 2.49. The number of imide groups is 1. The minimum Gasteiger partial charge on any atom is -0.497 e. The average Bonchev–Trinajstić information content (AvgIpc) is 2.92. The summed E-state index contributed by atoms with van der Waals surface area (Å²) >= 11 is 0. The van der Waals surface area contributed by atoms with Crippen LogP contribution >= 0.6 is 0 Å². The summed E-state index contributed by atoms with van der Waals surface area (Å²) in [6.45, 7) is 1.06. The van der Waals surface area contributed by atoms with Gasteiger partial charge in [0.2, 0.25) is 0 Å². The van der Waals surface area contributed by atoms with Crippen LogP contribution < -0.4 is 10.1 Å². The summed E-state index contributed by atoms with van der Waals surface area (Å²) in [5.41, 5.74) is -0.855. The Morgan fingerprint density at radius 3 is 2.50 bits per heavy atom. The molecule has 0 bridgehead atoms. The number of methoxy groups -OCH3 is 1. The van der Waals surface area contributed by atoms with E-state index in [0.717, 1.165) is 4.90 Å². The quantitative estimate of drug-likeness (QED) is 0.354. The van der Waals surface area contributed by atoms with Crippen LogP contribution in [-0.4, -0.2) is 41.2 Å². The number of ketones is 1. The number of urea groups is 1. The molecule has 28 heavy (non-hydrogen) atoms. The predicted molar refractivity (Wildman–Crippen MR) is 98.0 cm³/mol. The molecule has 0 spiro atoms. The summed E-state index contributed by atoms with van der Waals surface area (Å²) in [7, 11) is 1.47. The van der Waals surface area contributed by atoms with Gasteiger partial charge in [0.1, 0.15) is 11.3 Å². The summed E-state index contributed by atoms with van der Waals surface area (Å²) in [5, 5.41) is 13.4. The highest BCUT2D eigenvalue weighted by atomic mass is 16.6. The van der Waals surface area contributed by atoms with Gasteiger partial charge in [-0.05, 0) is 36.8 Å². The Labute approximate surface area is 160 Å². The molecule has 0 aliphatic carbocycles. The standard InChI is InChI=1S/C19H17N3O6/c1-19(13-6-8-14(9-7-13)22(26)27)17(24)21(18(25)20-19)11-16(23)12-4-3-5-15(10-12)28-2/h3-10H,11H2,1-2H3,(H,20,25)/t19-/m1/s1. The third-order valence-electron chi connectivity index (χ3n) is 4.62. The number of Topliss-reactive ketones (excluding diaryl/α,β-unsaturated/α-hetero) is 1. The number of nitrogens with zero attached hydrogens (tertiary/aromatic N) is 2. The molecule has 3 rings (SSSR count). The maximum absolute atomic E-state index is 12.9. The van der Waals surface area contributed by atoms with Gasteiger partial charge in [-0.3, -0.25) is 24.6 Å². The second-order valence-corrected chi connectivity index (χ2v) is 6.41. The topological polar surface area (TPSA) is 119 Å². The SMILES string of the molecule is COc1cccc(C(=O)CN2C(=O)N[C@](C)(c3ccc([N+](=O)[O-])cc3)C2=O)c1. The maximum Gasteiger partial charge on any atom is 0.325 e. The molecule has 1 heterocycles. The second-order valence-electron chi connectivity index (χ2n) is 6.41. The number of carbonyl (C=O) groups is 3. The van der Waals surface area contributed by atoms with Crippen LogP contribution in [0, 0.1) is 10.1 Å². The first-order valence-electron chi connectivity index (χ1n) is 8.32. The predicted octanol–water partition coefficient (Wildman–Crippen LogP) is 2.25. The van der Waals surface area contributed by atoms with Crippen molar-refractivity contribution in [2.24, 2.45) is 0 Å². The molecule has 0 radical (unpaired) electrons. The Balaban J connectivity index is 1.82. The van der Waals surface area contributed by atoms with E-state index in [4.69, 9.17) is 4.74 Å². The zero-order valence-electron chi connectivity index (χ0n) is 15.2. The van der Waals surface area contributed by atoms with E-state index in [0.29, 0.717) is 16.9 Å². The number of amides is 3. The lowest BCUT2D eigenvalue weighted by atomic mass is 9.92. The van der Waals surface area contributed by atoms with E-state index >= 15 is 0 Å². The molecular weight excluding hydrogens is 366 g/mol. The van der Waals surface area contributed by atoms with E-state index in [9.17, 15) is 24.5 Å². The number of hydrogen-bond acceptors (Lipinski definition) is 6. The molecular formula is C19H17N3O6. The number of nitrogens with one attached hydrogen (secondary N) is 1. The third-order valence-corrected chi connectivity index (χ3v) is 4.62. The zero-order chi connectivity index (χ0) is 20.5. The van der Waals surface area contributed by atoms with Crippen LogP contribution in [0.1, 0.15) is 22.8 Å². The number of nitro benzene ring substituents is 1. The molecule has 1 aliphatic rings. The Hall–Kier alpha value is -3.75. The van der Waals surface area contributed by atoms with Crippen molar-refractivity contribution in [3.63, 3.8) is 0 Å². The molecule has 144 valence electrons. The van der Waals surface area contributed by atoms with Gasteiger partial charge in [-0.1, -0.05) is 12.1 Å². The lowest BCUT2D eigenvalue weighted by molar-refractivity contribution is -0.384. The molecule has 9 nitrogen and oxygen atoms in total. The lowest BCUT2D eigenvalue weighted by Crippen LogP contribution is -2.41. The van der Waals surface area contributed by atoms with E-state index in [-0.39, 0.29) is 5.69 Å². The van der Waals surface area contributed by atoms with Gasteiger partial charge in [0.15, 0.2) is 5.78 Å². The number of benzene rings is 2. The largest absolute Gasteiger partial charge is 0.497 e. The van der Waals surface area contributed by atoms with Crippen molar-refractivity contribution in [1.82, 2.24) is 10.2 Å². The first kappa shape index (κ1) is 19.0. The maximum atomic E-state index is 12.9. The number of non-ortho nitro benzene ring substituents is 1. The fourth-order valence-corrected chi connectivity index (χ4v) is 2.98. The minimum absolute atomic E-state index is 0.130. The van der Waals surface area contributed by atoms with Crippen molar-refractivity contribution in [2.45, 2.75) is 12.5 Å². The molecule has 1 aliphatic heterocycles. The third kappa shape index (κ3) is 3.29. The summed E-state index contributed by atoms with van der Waals surface area (Å²) < 4.78 is 5.07. The summed E-state index contributed by atoms with van der Waals surface area (Å²) in [5.74, 6) is -0.545. The number of nitro groups is 1. The van der Waals surface area contributed by atoms with Crippen LogP contribution in [0.5, 0.6) is 5.75 Å². The van der Waals surface area contributed by atoms with Crippen molar-refractivity contribution in [1.29, 1.82) is 0 Å². The summed E-state index contributed by atoms with van der Waals surface area (Å²) in [6.07, 6.45) is 0. The Bertz CT molecular complexity index is 972. The summed E-state index contributed by atoms with van der Waals surface area (Å²) in [4.78, 5) is 48.8. The van der Waals surface area contributed by atoms with E-state index in [1.54, 1.807) is 18.2 Å². The number of hydrogen-bond donors (Lipinski definition) is 1. The number of carbonyl (C=O) groups excluding carboxylic acids is 3. The van der Waals surface area contributed by atoms with Crippen molar-refractivity contribution in [3.05, 3.63) is 69.8 Å². The van der Waals surface area contributed by atoms with Gasteiger partial charge in [-0.25, -0.2) is 4.79 Å². The molecule has 3 amide bonds.